The second-order valence-electron chi connectivity index (χ2n) is 29.9. The standard InChI is InChI=1S/C81H162NO8P/c1-6-8-10-12-14-16-18-20-22-24-26-28-30-32-34-35-36-37-38-39-40-41-42-43-44-45-46-48-50-52-54-56-58-60-62-64-66-68-70-72-74-81(84)90-79(78-89-91(85,86)88-76-75-82(3,4)5)77-87-80(83)73-71-69-67-65-63-61-59-57-55-53-51-49-47-33-31-29-27-25-23-21-19-17-15-13-11-9-7-2/h79H,6-78H2,1-5H3. The molecule has 91 heavy (non-hydrogen) atoms. The number of nitrogens with zero attached hydrogens (tertiary/aromatic N) is 1. The molecule has 0 bridgehead atoms. The fourth-order valence-corrected chi connectivity index (χ4v) is 13.8. The van der Waals surface area contributed by atoms with Crippen molar-refractivity contribution in [2.45, 2.75) is 463 Å². The van der Waals surface area contributed by atoms with Crippen LogP contribution in [0, 0.1) is 0 Å². The normalized spacial score (nSPS) is 12.9. The molecule has 0 aliphatic carbocycles. The van der Waals surface area contributed by atoms with E-state index in [1.165, 1.54) is 392 Å². The highest BCUT2D eigenvalue weighted by Gasteiger charge is 2.22. The van der Waals surface area contributed by atoms with E-state index >= 15 is 0 Å². The Balaban J connectivity index is 3.84. The van der Waals surface area contributed by atoms with Crippen LogP contribution < -0.4 is 4.89 Å². The molecule has 0 saturated heterocycles. The van der Waals surface area contributed by atoms with E-state index < -0.39 is 26.5 Å². The van der Waals surface area contributed by atoms with Crippen LogP contribution in [0.1, 0.15) is 457 Å². The van der Waals surface area contributed by atoms with Gasteiger partial charge in [0.15, 0.2) is 6.10 Å². The smallest absolute Gasteiger partial charge is 0.306 e. The van der Waals surface area contributed by atoms with Gasteiger partial charge in [0.25, 0.3) is 7.82 Å². The zero-order valence-corrected chi connectivity index (χ0v) is 63.3. The van der Waals surface area contributed by atoms with Gasteiger partial charge in [-0.15, -0.1) is 0 Å². The number of esters is 2. The zero-order chi connectivity index (χ0) is 66.2. The van der Waals surface area contributed by atoms with Crippen LogP contribution in [-0.4, -0.2) is 70.0 Å². The molecule has 0 rings (SSSR count). The lowest BCUT2D eigenvalue weighted by atomic mass is 10.0. The van der Waals surface area contributed by atoms with Crippen LogP contribution >= 0.6 is 7.82 Å². The number of unbranched alkanes of at least 4 members (excludes halogenated alkanes) is 65. The summed E-state index contributed by atoms with van der Waals surface area (Å²) >= 11 is 0. The number of ether oxygens (including phenoxy) is 2. The lowest BCUT2D eigenvalue weighted by Crippen LogP contribution is -2.37. The molecule has 0 N–H and O–H groups in total. The van der Waals surface area contributed by atoms with E-state index in [2.05, 4.69) is 13.8 Å². The summed E-state index contributed by atoms with van der Waals surface area (Å²) in [5.74, 6) is -0.800. The van der Waals surface area contributed by atoms with E-state index in [1.54, 1.807) is 0 Å². The number of phosphoric acid groups is 1. The molecule has 0 aliphatic rings. The first kappa shape index (κ1) is 90.0. The van der Waals surface area contributed by atoms with Gasteiger partial charge in [0.05, 0.1) is 27.7 Å². The Hall–Kier alpha value is -0.990. The SMILES string of the molecule is CCCCCCCCCCCCCCCCCCCCCCCCCCCCCCCCCCCCCCCCCCC(=O)OC(COC(=O)CCCCCCCCCCCCCCCCCCCCCCCCCCCCC)COP(=O)([O-])OCC[N+](C)(C)C. The third-order valence-electron chi connectivity index (χ3n) is 19.4. The van der Waals surface area contributed by atoms with Crippen molar-refractivity contribution in [3.63, 3.8) is 0 Å². The van der Waals surface area contributed by atoms with Crippen molar-refractivity contribution < 1.29 is 42.1 Å². The minimum Gasteiger partial charge on any atom is -0.756 e. The highest BCUT2D eigenvalue weighted by Crippen LogP contribution is 2.38. The van der Waals surface area contributed by atoms with Crippen LogP contribution in [0.2, 0.25) is 0 Å². The van der Waals surface area contributed by atoms with E-state index in [9.17, 15) is 19.0 Å². The molecule has 0 aliphatic heterocycles. The van der Waals surface area contributed by atoms with Gasteiger partial charge in [0, 0.05) is 12.8 Å². The van der Waals surface area contributed by atoms with Crippen LogP contribution in [0.25, 0.3) is 0 Å². The largest absolute Gasteiger partial charge is 0.756 e. The van der Waals surface area contributed by atoms with Crippen LogP contribution in [0.5, 0.6) is 0 Å². The van der Waals surface area contributed by atoms with Crippen LogP contribution in [0.3, 0.4) is 0 Å². The second kappa shape index (κ2) is 73.3. The molecule has 2 atom stereocenters. The molecule has 0 aromatic heterocycles. The van der Waals surface area contributed by atoms with E-state index in [4.69, 9.17) is 18.5 Å². The summed E-state index contributed by atoms with van der Waals surface area (Å²) in [7, 11) is 1.20. The van der Waals surface area contributed by atoms with Crippen molar-refractivity contribution in [2.75, 3.05) is 47.5 Å². The summed E-state index contributed by atoms with van der Waals surface area (Å²) in [6.45, 7) is 4.35. The Kier molecular flexibility index (Phi) is 72.5. The minimum absolute atomic E-state index is 0.0246. The van der Waals surface area contributed by atoms with Gasteiger partial charge < -0.3 is 27.9 Å². The Morgan fingerprint density at radius 1 is 0.297 bits per heavy atom. The van der Waals surface area contributed by atoms with Crippen molar-refractivity contribution in [1.82, 2.24) is 0 Å². The first-order valence-electron chi connectivity index (χ1n) is 41.2. The fourth-order valence-electron chi connectivity index (χ4n) is 13.1. The highest BCUT2D eigenvalue weighted by atomic mass is 31.2. The number of hydrogen-bond acceptors (Lipinski definition) is 8. The molecular formula is C81H162NO8P. The number of rotatable bonds is 79. The Morgan fingerprint density at radius 2 is 0.495 bits per heavy atom. The van der Waals surface area contributed by atoms with Gasteiger partial charge in [-0.1, -0.05) is 431 Å². The van der Waals surface area contributed by atoms with Gasteiger partial charge in [-0.3, -0.25) is 14.2 Å². The van der Waals surface area contributed by atoms with E-state index in [-0.39, 0.29) is 32.0 Å². The molecule has 10 heteroatoms. The van der Waals surface area contributed by atoms with Crippen molar-refractivity contribution in [2.24, 2.45) is 0 Å². The van der Waals surface area contributed by atoms with E-state index in [0.717, 1.165) is 32.1 Å². The lowest BCUT2D eigenvalue weighted by molar-refractivity contribution is -0.870. The number of likely N-dealkylation sites (N-methyl/N-ethyl adjacent to an activating group) is 1. The molecule has 0 amide bonds. The quantitative estimate of drug-likeness (QED) is 0.0256. The van der Waals surface area contributed by atoms with Crippen molar-refractivity contribution in [3.8, 4) is 0 Å². The molecule has 0 aromatic rings. The van der Waals surface area contributed by atoms with Crippen LogP contribution in [0.15, 0.2) is 0 Å². The van der Waals surface area contributed by atoms with Gasteiger partial charge in [-0.25, -0.2) is 0 Å². The Morgan fingerprint density at radius 3 is 0.703 bits per heavy atom. The number of carbonyl (C=O) groups is 2. The average Bonchev–Trinajstić information content (AvgIpc) is 3.31. The molecule has 0 heterocycles. The first-order chi connectivity index (χ1) is 44.5. The van der Waals surface area contributed by atoms with Crippen molar-refractivity contribution in [1.29, 1.82) is 0 Å². The summed E-state index contributed by atoms with van der Waals surface area (Å²) in [6, 6.07) is 0. The Bertz CT molecular complexity index is 1490. The summed E-state index contributed by atoms with van der Waals surface area (Å²) in [5.41, 5.74) is 0. The second-order valence-corrected chi connectivity index (χ2v) is 31.3. The van der Waals surface area contributed by atoms with Gasteiger partial charge in [-0.2, -0.15) is 0 Å². The van der Waals surface area contributed by atoms with Gasteiger partial charge >= 0.3 is 11.9 Å². The maximum absolute atomic E-state index is 12.9. The molecular weight excluding hydrogens is 1150 g/mol. The third-order valence-corrected chi connectivity index (χ3v) is 20.3. The monoisotopic (exact) mass is 1310 g/mol. The third kappa shape index (κ3) is 77.9. The summed E-state index contributed by atoms with van der Waals surface area (Å²) < 4.78 is 34.4. The average molecular weight is 1310 g/mol. The van der Waals surface area contributed by atoms with E-state index in [0.29, 0.717) is 17.4 Å². The summed E-state index contributed by atoms with van der Waals surface area (Å²) in [4.78, 5) is 38.2. The van der Waals surface area contributed by atoms with Gasteiger partial charge in [-0.05, 0) is 12.8 Å². The highest BCUT2D eigenvalue weighted by molar-refractivity contribution is 7.45. The molecule has 0 saturated carbocycles. The van der Waals surface area contributed by atoms with Crippen molar-refractivity contribution in [3.05, 3.63) is 0 Å². The molecule has 0 radical (unpaired) electrons. The summed E-state index contributed by atoms with van der Waals surface area (Å²) in [6.07, 6.45) is 91.1. The molecule has 2 unspecified atom stereocenters. The topological polar surface area (TPSA) is 111 Å². The molecule has 544 valence electrons. The Labute approximate surface area is 569 Å². The zero-order valence-electron chi connectivity index (χ0n) is 62.4. The summed E-state index contributed by atoms with van der Waals surface area (Å²) in [5, 5.41) is 0. The molecule has 9 nitrogen and oxygen atoms in total. The lowest BCUT2D eigenvalue weighted by Gasteiger charge is -2.28. The number of carbonyl (C=O) groups excluding carboxylic acids is 2. The first-order valence-corrected chi connectivity index (χ1v) is 42.7. The number of quaternary nitrogens is 1. The van der Waals surface area contributed by atoms with Gasteiger partial charge in [0.1, 0.15) is 19.8 Å². The van der Waals surface area contributed by atoms with Crippen LogP contribution in [-0.2, 0) is 32.7 Å². The van der Waals surface area contributed by atoms with Gasteiger partial charge in [0.2, 0.25) is 0 Å². The number of hydrogen-bond donors (Lipinski definition) is 0. The van der Waals surface area contributed by atoms with E-state index in [1.807, 2.05) is 21.1 Å². The minimum atomic E-state index is -4.64. The molecule has 0 fully saturated rings. The molecule has 0 spiro atoms. The molecule has 0 aromatic carbocycles. The number of phosphoric ester groups is 1. The van der Waals surface area contributed by atoms with Crippen molar-refractivity contribution >= 4 is 19.8 Å². The van der Waals surface area contributed by atoms with Crippen LogP contribution in [0.4, 0.5) is 0 Å². The predicted octanol–water partition coefficient (Wildman–Crippen LogP) is 26.6. The predicted molar refractivity (Wildman–Crippen MR) is 393 cm³/mol. The maximum atomic E-state index is 12.9. The maximum Gasteiger partial charge on any atom is 0.306 e. The fraction of sp³-hybridized carbons (Fsp3) is 0.975.